The van der Waals surface area contributed by atoms with Crippen LogP contribution in [0.3, 0.4) is 0 Å². The first-order chi connectivity index (χ1) is 9.65. The number of aryl methyl sites for hydroxylation is 1. The molecular formula is C16H16BrN3. The molecule has 1 atom stereocenters. The lowest BCUT2D eigenvalue weighted by molar-refractivity contribution is 0.768. The van der Waals surface area contributed by atoms with Crippen LogP contribution in [0.5, 0.6) is 0 Å². The number of nitrogens with two attached hydrogens (primary N) is 1. The van der Waals surface area contributed by atoms with Gasteiger partial charge in [0.15, 0.2) is 5.96 Å². The van der Waals surface area contributed by atoms with Crippen molar-refractivity contribution in [2.75, 3.05) is 11.4 Å². The first-order valence-electron chi connectivity index (χ1n) is 6.56. The van der Waals surface area contributed by atoms with E-state index in [1.807, 2.05) is 18.2 Å². The van der Waals surface area contributed by atoms with Crippen LogP contribution in [0, 0.1) is 6.92 Å². The zero-order chi connectivity index (χ0) is 14.1. The summed E-state index contributed by atoms with van der Waals surface area (Å²) in [5.74, 6) is 0.584. The molecule has 2 aromatic rings. The second-order valence-electron chi connectivity index (χ2n) is 4.98. The highest BCUT2D eigenvalue weighted by Crippen LogP contribution is 2.32. The Morgan fingerprint density at radius 2 is 2.00 bits per heavy atom. The predicted octanol–water partition coefficient (Wildman–Crippen LogP) is 3.63. The summed E-state index contributed by atoms with van der Waals surface area (Å²) in [5.41, 5.74) is 9.61. The molecule has 0 saturated carbocycles. The van der Waals surface area contributed by atoms with Gasteiger partial charge in [-0.15, -0.1) is 0 Å². The highest BCUT2D eigenvalue weighted by molar-refractivity contribution is 9.10. The smallest absolute Gasteiger partial charge is 0.196 e. The minimum atomic E-state index is 0.161. The minimum Gasteiger partial charge on any atom is -0.369 e. The maximum absolute atomic E-state index is 6.09. The highest BCUT2D eigenvalue weighted by Gasteiger charge is 2.28. The number of hydrogen-bond donors (Lipinski definition) is 1. The number of benzene rings is 2. The molecule has 4 heteroatoms. The third kappa shape index (κ3) is 2.43. The molecule has 0 fully saturated rings. The van der Waals surface area contributed by atoms with Gasteiger partial charge in [-0.2, -0.15) is 0 Å². The molecule has 3 nitrogen and oxygen atoms in total. The van der Waals surface area contributed by atoms with Gasteiger partial charge in [0.2, 0.25) is 0 Å². The van der Waals surface area contributed by atoms with Crippen LogP contribution in [-0.2, 0) is 0 Å². The van der Waals surface area contributed by atoms with E-state index in [0.717, 1.165) is 10.2 Å². The maximum Gasteiger partial charge on any atom is 0.196 e. The molecule has 1 aliphatic heterocycles. The van der Waals surface area contributed by atoms with E-state index in [2.05, 4.69) is 63.1 Å². The molecule has 0 spiro atoms. The fourth-order valence-corrected chi connectivity index (χ4v) is 2.97. The van der Waals surface area contributed by atoms with E-state index in [9.17, 15) is 0 Å². The standard InChI is InChI=1S/C16H16BrN3/c1-11-4-2-7-14(8-11)20-15(10-19-16(20)18)12-5-3-6-13(17)9-12/h2-9,15H,10H2,1H3,(H2,18,19). The lowest BCUT2D eigenvalue weighted by Crippen LogP contribution is -2.36. The summed E-state index contributed by atoms with van der Waals surface area (Å²) in [4.78, 5) is 6.52. The van der Waals surface area contributed by atoms with Gasteiger partial charge in [-0.1, -0.05) is 40.2 Å². The maximum atomic E-state index is 6.09. The summed E-state index contributed by atoms with van der Waals surface area (Å²) in [7, 11) is 0. The number of aliphatic imine (C=N–C) groups is 1. The largest absolute Gasteiger partial charge is 0.369 e. The number of anilines is 1. The van der Waals surface area contributed by atoms with Crippen molar-refractivity contribution < 1.29 is 0 Å². The van der Waals surface area contributed by atoms with E-state index in [-0.39, 0.29) is 6.04 Å². The Hall–Kier alpha value is -1.81. The van der Waals surface area contributed by atoms with E-state index in [1.54, 1.807) is 0 Å². The Morgan fingerprint density at radius 3 is 2.75 bits per heavy atom. The molecule has 1 unspecified atom stereocenters. The molecule has 2 aromatic carbocycles. The molecule has 0 radical (unpaired) electrons. The number of guanidine groups is 1. The monoisotopic (exact) mass is 329 g/mol. The Kier molecular flexibility index (Phi) is 3.49. The van der Waals surface area contributed by atoms with Crippen molar-refractivity contribution in [2.45, 2.75) is 13.0 Å². The molecule has 2 N–H and O–H groups in total. The summed E-state index contributed by atoms with van der Waals surface area (Å²) in [6.07, 6.45) is 0. The second kappa shape index (κ2) is 5.29. The summed E-state index contributed by atoms with van der Waals surface area (Å²) < 4.78 is 1.07. The van der Waals surface area contributed by atoms with E-state index < -0.39 is 0 Å². The highest BCUT2D eigenvalue weighted by atomic mass is 79.9. The summed E-state index contributed by atoms with van der Waals surface area (Å²) in [5, 5.41) is 0. The van der Waals surface area contributed by atoms with Crippen LogP contribution in [0.4, 0.5) is 5.69 Å². The Morgan fingerprint density at radius 1 is 1.20 bits per heavy atom. The Balaban J connectivity index is 2.00. The molecule has 0 aliphatic carbocycles. The van der Waals surface area contributed by atoms with Crippen LogP contribution >= 0.6 is 15.9 Å². The SMILES string of the molecule is Cc1cccc(N2C(N)=NCC2c2cccc(Br)c2)c1. The molecule has 3 rings (SSSR count). The van der Waals surface area contributed by atoms with Crippen LogP contribution in [0.25, 0.3) is 0 Å². The average molecular weight is 330 g/mol. The van der Waals surface area contributed by atoms with Crippen LogP contribution in [0.1, 0.15) is 17.2 Å². The molecule has 0 amide bonds. The predicted molar refractivity (Wildman–Crippen MR) is 87.0 cm³/mol. The molecule has 0 saturated heterocycles. The fourth-order valence-electron chi connectivity index (χ4n) is 2.56. The van der Waals surface area contributed by atoms with Crippen LogP contribution < -0.4 is 10.6 Å². The Bertz CT molecular complexity index is 666. The Labute approximate surface area is 127 Å². The van der Waals surface area contributed by atoms with Gasteiger partial charge in [0.05, 0.1) is 12.6 Å². The molecule has 20 heavy (non-hydrogen) atoms. The zero-order valence-corrected chi connectivity index (χ0v) is 12.8. The molecule has 1 aliphatic rings. The van der Waals surface area contributed by atoms with Gasteiger partial charge >= 0.3 is 0 Å². The fraction of sp³-hybridized carbons (Fsp3) is 0.188. The van der Waals surface area contributed by atoms with E-state index in [0.29, 0.717) is 12.5 Å². The van der Waals surface area contributed by atoms with E-state index >= 15 is 0 Å². The van der Waals surface area contributed by atoms with Crippen LogP contribution in [-0.4, -0.2) is 12.5 Å². The summed E-state index contributed by atoms with van der Waals surface area (Å²) >= 11 is 3.52. The van der Waals surface area contributed by atoms with Gasteiger partial charge in [0.1, 0.15) is 0 Å². The van der Waals surface area contributed by atoms with E-state index in [1.165, 1.54) is 11.1 Å². The number of nitrogens with zero attached hydrogens (tertiary/aromatic N) is 2. The number of hydrogen-bond acceptors (Lipinski definition) is 3. The van der Waals surface area contributed by atoms with Crippen molar-refractivity contribution in [3.63, 3.8) is 0 Å². The van der Waals surface area contributed by atoms with Crippen molar-refractivity contribution in [2.24, 2.45) is 10.7 Å². The van der Waals surface area contributed by atoms with Gasteiger partial charge < -0.3 is 10.6 Å². The van der Waals surface area contributed by atoms with Crippen molar-refractivity contribution in [1.29, 1.82) is 0 Å². The summed E-state index contributed by atoms with van der Waals surface area (Å²) in [6.45, 7) is 2.78. The molecule has 0 aromatic heterocycles. The zero-order valence-electron chi connectivity index (χ0n) is 11.3. The quantitative estimate of drug-likeness (QED) is 0.913. The third-order valence-corrected chi connectivity index (χ3v) is 3.99. The third-order valence-electron chi connectivity index (χ3n) is 3.50. The molecule has 102 valence electrons. The molecular weight excluding hydrogens is 314 g/mol. The van der Waals surface area contributed by atoms with Gasteiger partial charge in [0.25, 0.3) is 0 Å². The second-order valence-corrected chi connectivity index (χ2v) is 5.89. The summed E-state index contributed by atoms with van der Waals surface area (Å²) in [6, 6.07) is 16.8. The van der Waals surface area contributed by atoms with Crippen molar-refractivity contribution in [3.8, 4) is 0 Å². The normalized spacial score (nSPS) is 18.2. The lowest BCUT2D eigenvalue weighted by atomic mass is 10.1. The van der Waals surface area contributed by atoms with Gasteiger partial charge in [-0.05, 0) is 42.3 Å². The lowest BCUT2D eigenvalue weighted by Gasteiger charge is -2.27. The first kappa shape index (κ1) is 13.2. The molecule has 0 bridgehead atoms. The number of rotatable bonds is 2. The number of halogens is 1. The minimum absolute atomic E-state index is 0.161. The van der Waals surface area contributed by atoms with Gasteiger partial charge in [0, 0.05) is 10.2 Å². The van der Waals surface area contributed by atoms with Crippen molar-refractivity contribution >= 4 is 27.6 Å². The van der Waals surface area contributed by atoms with Crippen LogP contribution in [0.15, 0.2) is 58.0 Å². The van der Waals surface area contributed by atoms with Crippen LogP contribution in [0.2, 0.25) is 0 Å². The van der Waals surface area contributed by atoms with Gasteiger partial charge in [-0.3, -0.25) is 4.99 Å². The molecule has 1 heterocycles. The first-order valence-corrected chi connectivity index (χ1v) is 7.36. The van der Waals surface area contributed by atoms with Crippen molar-refractivity contribution in [3.05, 3.63) is 64.1 Å². The van der Waals surface area contributed by atoms with E-state index in [4.69, 9.17) is 5.73 Å². The van der Waals surface area contributed by atoms with Crippen molar-refractivity contribution in [1.82, 2.24) is 0 Å². The average Bonchev–Trinajstić information content (AvgIpc) is 2.80. The van der Waals surface area contributed by atoms with Gasteiger partial charge in [-0.25, -0.2) is 0 Å². The topological polar surface area (TPSA) is 41.6 Å².